The first-order valence-corrected chi connectivity index (χ1v) is 3.35. The number of hydrogen-bond donors (Lipinski definition) is 1. The predicted octanol–water partition coefficient (Wildman–Crippen LogP) is 0.964. The fraction of sp³-hybridized carbons (Fsp3) is 0.857. The topological polar surface area (TPSA) is 29.1 Å². The van der Waals surface area contributed by atoms with Crippen molar-refractivity contribution in [3.63, 3.8) is 0 Å². The average Bonchev–Trinajstić information content (AvgIpc) is 1.63. The van der Waals surface area contributed by atoms with E-state index in [0.717, 1.165) is 6.54 Å². The fourth-order valence-electron chi connectivity index (χ4n) is 0.537. The van der Waals surface area contributed by atoms with Gasteiger partial charge in [0.25, 0.3) is 0 Å². The Morgan fingerprint density at radius 1 is 1.56 bits per heavy atom. The maximum absolute atomic E-state index is 10.4. The van der Waals surface area contributed by atoms with Crippen LogP contribution < -0.4 is 5.32 Å². The van der Waals surface area contributed by atoms with Crippen LogP contribution in [0.1, 0.15) is 27.2 Å². The molecule has 0 spiro atoms. The molecule has 0 bridgehead atoms. The van der Waals surface area contributed by atoms with E-state index in [4.69, 9.17) is 0 Å². The maximum atomic E-state index is 10.4. The monoisotopic (exact) mass is 129 g/mol. The summed E-state index contributed by atoms with van der Waals surface area (Å²) < 4.78 is 0. The zero-order chi connectivity index (χ0) is 7.28. The average molecular weight is 129 g/mol. The molecule has 1 N–H and O–H groups in total. The summed E-state index contributed by atoms with van der Waals surface area (Å²) >= 11 is 0. The Balaban J connectivity index is 3.01. The number of ketones is 1. The lowest BCUT2D eigenvalue weighted by Gasteiger charge is -2.04. The Morgan fingerprint density at radius 3 is 2.44 bits per heavy atom. The molecule has 9 heavy (non-hydrogen) atoms. The van der Waals surface area contributed by atoms with E-state index in [1.807, 2.05) is 0 Å². The summed E-state index contributed by atoms with van der Waals surface area (Å²) in [6.07, 6.45) is 0.651. The van der Waals surface area contributed by atoms with Gasteiger partial charge in [-0.1, -0.05) is 13.8 Å². The second-order valence-corrected chi connectivity index (χ2v) is 2.56. The molecule has 0 saturated carbocycles. The zero-order valence-electron chi connectivity index (χ0n) is 6.40. The van der Waals surface area contributed by atoms with Crippen molar-refractivity contribution in [3.8, 4) is 0 Å². The number of nitrogens with one attached hydrogen (secondary N) is 1. The van der Waals surface area contributed by atoms with Gasteiger partial charge in [-0.05, 0) is 6.92 Å². The summed E-state index contributed by atoms with van der Waals surface area (Å²) in [6, 6.07) is 0.490. The fourth-order valence-corrected chi connectivity index (χ4v) is 0.537. The van der Waals surface area contributed by atoms with Crippen molar-refractivity contribution in [3.05, 3.63) is 0 Å². The van der Waals surface area contributed by atoms with Crippen LogP contribution in [-0.4, -0.2) is 18.4 Å². The van der Waals surface area contributed by atoms with E-state index < -0.39 is 0 Å². The van der Waals surface area contributed by atoms with E-state index in [1.54, 1.807) is 6.92 Å². The highest BCUT2D eigenvalue weighted by Crippen LogP contribution is 1.80. The van der Waals surface area contributed by atoms with Crippen LogP contribution in [0.5, 0.6) is 0 Å². The van der Waals surface area contributed by atoms with E-state index in [1.165, 1.54) is 0 Å². The van der Waals surface area contributed by atoms with Crippen molar-refractivity contribution in [2.75, 3.05) is 6.54 Å². The van der Waals surface area contributed by atoms with E-state index in [2.05, 4.69) is 19.2 Å². The van der Waals surface area contributed by atoms with Crippen molar-refractivity contribution in [1.82, 2.24) is 5.32 Å². The van der Waals surface area contributed by atoms with Crippen LogP contribution in [-0.2, 0) is 4.79 Å². The van der Waals surface area contributed by atoms with Crippen LogP contribution in [0.3, 0.4) is 0 Å². The molecule has 0 aromatic carbocycles. The molecular formula is C7H15NO. The first-order valence-electron chi connectivity index (χ1n) is 3.35. The second-order valence-electron chi connectivity index (χ2n) is 2.56. The molecule has 54 valence electrons. The molecule has 0 rings (SSSR count). The molecule has 0 amide bonds. The standard InChI is InChI=1S/C7H15NO/c1-6(2)8-5-4-7(3)9/h6,8H,4-5H2,1-3H3. The van der Waals surface area contributed by atoms with E-state index >= 15 is 0 Å². The lowest BCUT2D eigenvalue weighted by atomic mass is 10.3. The van der Waals surface area contributed by atoms with Gasteiger partial charge in [0, 0.05) is 19.0 Å². The summed E-state index contributed by atoms with van der Waals surface area (Å²) in [7, 11) is 0. The third kappa shape index (κ3) is 7.63. The highest BCUT2D eigenvalue weighted by Gasteiger charge is 1.93. The molecule has 0 aromatic rings. The molecule has 0 radical (unpaired) electrons. The predicted molar refractivity (Wildman–Crippen MR) is 38.4 cm³/mol. The summed E-state index contributed by atoms with van der Waals surface area (Å²) in [6.45, 7) is 6.56. The Morgan fingerprint density at radius 2 is 2.11 bits per heavy atom. The number of hydrogen-bond acceptors (Lipinski definition) is 2. The Hall–Kier alpha value is -0.370. The van der Waals surface area contributed by atoms with E-state index in [0.29, 0.717) is 12.5 Å². The van der Waals surface area contributed by atoms with E-state index in [-0.39, 0.29) is 5.78 Å². The molecule has 0 atom stereocenters. The van der Waals surface area contributed by atoms with Crippen LogP contribution in [0.2, 0.25) is 0 Å². The van der Waals surface area contributed by atoms with Gasteiger partial charge in [-0.15, -0.1) is 0 Å². The summed E-state index contributed by atoms with van der Waals surface area (Å²) in [5.41, 5.74) is 0. The van der Waals surface area contributed by atoms with E-state index in [9.17, 15) is 4.79 Å². The smallest absolute Gasteiger partial charge is 0.131 e. The molecule has 0 fully saturated rings. The molecular weight excluding hydrogens is 114 g/mol. The highest BCUT2D eigenvalue weighted by atomic mass is 16.1. The number of Topliss-reactive ketones (excluding diaryl/α,β-unsaturated/α-hetero) is 1. The summed E-state index contributed by atoms with van der Waals surface area (Å²) in [5, 5.41) is 3.16. The van der Waals surface area contributed by atoms with Crippen LogP contribution in [0.4, 0.5) is 0 Å². The molecule has 0 aliphatic carbocycles. The molecule has 0 aliphatic rings. The van der Waals surface area contributed by atoms with Crippen LogP contribution in [0.15, 0.2) is 0 Å². The van der Waals surface area contributed by atoms with Gasteiger partial charge < -0.3 is 5.32 Å². The van der Waals surface area contributed by atoms with Crippen molar-refractivity contribution in [2.45, 2.75) is 33.2 Å². The van der Waals surface area contributed by atoms with Crippen LogP contribution >= 0.6 is 0 Å². The van der Waals surface area contributed by atoms with Crippen molar-refractivity contribution < 1.29 is 4.79 Å². The summed E-state index contributed by atoms with van der Waals surface area (Å²) in [4.78, 5) is 10.4. The lowest BCUT2D eigenvalue weighted by Crippen LogP contribution is -2.24. The minimum absolute atomic E-state index is 0.253. The van der Waals surface area contributed by atoms with Gasteiger partial charge in [-0.2, -0.15) is 0 Å². The van der Waals surface area contributed by atoms with Crippen LogP contribution in [0, 0.1) is 0 Å². The normalized spacial score (nSPS) is 10.2. The second kappa shape index (κ2) is 4.50. The minimum atomic E-state index is 0.253. The minimum Gasteiger partial charge on any atom is -0.314 e. The van der Waals surface area contributed by atoms with Gasteiger partial charge in [0.1, 0.15) is 5.78 Å². The molecule has 2 heteroatoms. The Kier molecular flexibility index (Phi) is 4.32. The van der Waals surface area contributed by atoms with Crippen molar-refractivity contribution in [1.29, 1.82) is 0 Å². The SMILES string of the molecule is CC(=O)CCNC(C)C. The number of rotatable bonds is 4. The van der Waals surface area contributed by atoms with Crippen LogP contribution in [0.25, 0.3) is 0 Å². The molecule has 0 aromatic heterocycles. The first kappa shape index (κ1) is 8.63. The van der Waals surface area contributed by atoms with Gasteiger partial charge in [-0.3, -0.25) is 4.79 Å². The van der Waals surface area contributed by atoms with Gasteiger partial charge in [0.2, 0.25) is 0 Å². The highest BCUT2D eigenvalue weighted by molar-refractivity contribution is 5.75. The molecule has 0 heterocycles. The third-order valence-corrected chi connectivity index (χ3v) is 1.03. The van der Waals surface area contributed by atoms with Gasteiger partial charge >= 0.3 is 0 Å². The maximum Gasteiger partial charge on any atom is 0.131 e. The Labute approximate surface area is 56.6 Å². The third-order valence-electron chi connectivity index (χ3n) is 1.03. The molecule has 0 saturated heterocycles. The quantitative estimate of drug-likeness (QED) is 0.612. The Bertz CT molecular complexity index is 88.9. The van der Waals surface area contributed by atoms with Gasteiger partial charge in [0.05, 0.1) is 0 Å². The summed E-state index contributed by atoms with van der Waals surface area (Å²) in [5.74, 6) is 0.253. The molecule has 0 aliphatic heterocycles. The largest absolute Gasteiger partial charge is 0.314 e. The van der Waals surface area contributed by atoms with Crippen molar-refractivity contribution in [2.24, 2.45) is 0 Å². The van der Waals surface area contributed by atoms with Gasteiger partial charge in [0.15, 0.2) is 0 Å². The lowest BCUT2D eigenvalue weighted by molar-refractivity contribution is -0.116. The van der Waals surface area contributed by atoms with Gasteiger partial charge in [-0.25, -0.2) is 0 Å². The molecule has 2 nitrogen and oxygen atoms in total. The molecule has 0 unspecified atom stereocenters. The number of carbonyl (C=O) groups is 1. The zero-order valence-corrected chi connectivity index (χ0v) is 6.40. The first-order chi connectivity index (χ1) is 4.13. The number of carbonyl (C=O) groups excluding carboxylic acids is 1. The van der Waals surface area contributed by atoms with Crippen molar-refractivity contribution >= 4 is 5.78 Å².